The molecule has 0 spiro atoms. The van der Waals surface area contributed by atoms with Crippen molar-refractivity contribution in [1.29, 1.82) is 0 Å². The number of nitro benzene ring substituents is 2. The van der Waals surface area contributed by atoms with Gasteiger partial charge < -0.3 is 9.68 Å². The Kier molecular flexibility index (Phi) is 14.2. The molecule has 0 aliphatic carbocycles. The van der Waals surface area contributed by atoms with E-state index in [4.69, 9.17) is 0 Å². The number of alkyl halides is 18. The summed E-state index contributed by atoms with van der Waals surface area (Å²) in [6.07, 6.45) is -33.6. The fourth-order valence-electron chi connectivity index (χ4n) is 7.10. The summed E-state index contributed by atoms with van der Waals surface area (Å²) in [6, 6.07) is 4.72. The first-order valence-corrected chi connectivity index (χ1v) is 19.3. The topological polar surface area (TPSA) is 217 Å². The van der Waals surface area contributed by atoms with Crippen molar-refractivity contribution in [2.45, 2.75) is 68.5 Å². The van der Waals surface area contributed by atoms with E-state index in [9.17, 15) is 99.3 Å². The van der Waals surface area contributed by atoms with Crippen LogP contribution < -0.4 is 0 Å². The molecule has 4 heterocycles. The van der Waals surface area contributed by atoms with Gasteiger partial charge in [0, 0.05) is 47.2 Å². The van der Waals surface area contributed by atoms with Crippen LogP contribution in [0.25, 0.3) is 11.4 Å². The van der Waals surface area contributed by atoms with Gasteiger partial charge in [-0.05, 0) is 64.2 Å². The normalized spacial score (nSPS) is 18.2. The molecule has 18 nitrogen and oxygen atoms in total. The largest absolute Gasteiger partial charge is 0.435 e. The van der Waals surface area contributed by atoms with Crippen molar-refractivity contribution in [2.75, 3.05) is 0 Å². The first-order chi connectivity index (χ1) is 34.1. The van der Waals surface area contributed by atoms with Gasteiger partial charge in [-0.3, -0.25) is 20.2 Å². The molecule has 36 heteroatoms. The monoisotopic (exact) mass is 1100 g/mol. The SMILES string of the molecule is C.O=[N+]([O-])c1cc(C2=NOC(c3cc(C(F)(F)F)cc(C(F)(F)F)c3)(C(F)(F)F)C2)ccc1-n1cnnn1.O=[N+]([O-])c1cc(C2=NOC(c3cc(C(F)(F)F)cc(C(F)(F)F)c3)(C(F)(F)F)C2)ccc1-n1ncnn1. The van der Waals surface area contributed by atoms with Crippen molar-refractivity contribution < 1.29 is 98.5 Å². The summed E-state index contributed by atoms with van der Waals surface area (Å²) >= 11 is 0. The maximum Gasteiger partial charge on any atom is 0.435 e. The molecule has 0 amide bonds. The minimum absolute atomic E-state index is 0. The first kappa shape index (κ1) is 55.8. The zero-order valence-corrected chi connectivity index (χ0v) is 35.1. The molecule has 2 unspecified atom stereocenters. The molecule has 8 rings (SSSR count). The standard InChI is InChI=1S/2C19H9F9N6O3.CH4/c20-17(21,22)11-4-10(5-12(6-11)18(23,24)25)16(19(26,27)28)7-13(30-37-16)9-1-2-14(15(3-9)34(35)36)33-8-29-31-32-33;20-17(21,22)11-4-10(5-12(6-11)18(23,24)25)16(19(26,27)28)7-13(31-37-16)9-1-2-14(15(3-9)34(35)36)33-30-8-29-32-33;/h2*1-6,8H,7H2;1H4. The van der Waals surface area contributed by atoms with Gasteiger partial charge in [0.25, 0.3) is 22.6 Å². The number of benzene rings is 4. The van der Waals surface area contributed by atoms with Crippen LogP contribution in [0.2, 0.25) is 0 Å². The van der Waals surface area contributed by atoms with Crippen molar-refractivity contribution >= 4 is 22.8 Å². The van der Waals surface area contributed by atoms with E-state index in [0.29, 0.717) is 0 Å². The zero-order chi connectivity index (χ0) is 54.8. The molecule has 2 aliphatic rings. The number of oxime groups is 2. The van der Waals surface area contributed by atoms with Gasteiger partial charge in [0.05, 0.1) is 43.5 Å². The number of aromatic nitrogens is 8. The first-order valence-electron chi connectivity index (χ1n) is 19.3. The predicted molar refractivity (Wildman–Crippen MR) is 211 cm³/mol. The third kappa shape index (κ3) is 10.9. The average Bonchev–Trinajstić information content (AvgIpc) is 4.15. The van der Waals surface area contributed by atoms with Gasteiger partial charge in [-0.25, -0.2) is 0 Å². The van der Waals surface area contributed by atoms with Crippen LogP contribution in [0.15, 0.2) is 95.8 Å². The van der Waals surface area contributed by atoms with Gasteiger partial charge in [0.2, 0.25) is 0 Å². The number of hydrogen-bond donors (Lipinski definition) is 0. The van der Waals surface area contributed by atoms with E-state index in [2.05, 4.69) is 50.9 Å². The van der Waals surface area contributed by atoms with Crippen molar-refractivity contribution in [3.63, 3.8) is 0 Å². The molecule has 0 bridgehead atoms. The second kappa shape index (κ2) is 19.1. The third-order valence-corrected chi connectivity index (χ3v) is 10.7. The Morgan fingerprint density at radius 1 is 0.520 bits per heavy atom. The third-order valence-electron chi connectivity index (χ3n) is 10.7. The minimum atomic E-state index is -5.55. The Hall–Kier alpha value is -8.50. The van der Waals surface area contributed by atoms with Gasteiger partial charge in [-0.15, -0.1) is 20.1 Å². The van der Waals surface area contributed by atoms with E-state index in [1.165, 1.54) is 0 Å². The van der Waals surface area contributed by atoms with E-state index in [-0.39, 0.29) is 66.3 Å². The van der Waals surface area contributed by atoms with Crippen molar-refractivity contribution in [3.8, 4) is 11.4 Å². The number of rotatable bonds is 8. The number of nitrogens with zero attached hydrogens (tertiary/aromatic N) is 12. The molecule has 0 radical (unpaired) electrons. The second-order valence-electron chi connectivity index (χ2n) is 15.3. The molecule has 2 aliphatic heterocycles. The van der Waals surface area contributed by atoms with E-state index in [1.54, 1.807) is 0 Å². The summed E-state index contributed by atoms with van der Waals surface area (Å²) in [5.74, 6) is 0. The number of nitro groups is 2. The molecule has 4 aromatic carbocycles. The van der Waals surface area contributed by atoms with E-state index in [0.717, 1.165) is 58.5 Å². The van der Waals surface area contributed by atoms with Gasteiger partial charge in [-0.2, -0.15) is 83.7 Å². The summed E-state index contributed by atoms with van der Waals surface area (Å²) in [5, 5.41) is 50.1. The summed E-state index contributed by atoms with van der Waals surface area (Å²) in [5.41, 5.74) is -22.1. The van der Waals surface area contributed by atoms with Crippen LogP contribution in [0.4, 0.5) is 90.4 Å². The number of halogens is 18. The van der Waals surface area contributed by atoms with Crippen molar-refractivity contribution in [3.05, 3.63) is 150 Å². The molecule has 2 atom stereocenters. The van der Waals surface area contributed by atoms with Gasteiger partial charge in [-0.1, -0.05) is 29.9 Å². The lowest BCUT2D eigenvalue weighted by Crippen LogP contribution is -2.43. The molecule has 0 saturated heterocycles. The molecule has 75 heavy (non-hydrogen) atoms. The summed E-state index contributed by atoms with van der Waals surface area (Å²) < 4.78 is 245. The quantitative estimate of drug-likeness (QED) is 0.0790. The van der Waals surface area contributed by atoms with Crippen LogP contribution in [-0.2, 0) is 45.6 Å². The van der Waals surface area contributed by atoms with E-state index >= 15 is 0 Å². The van der Waals surface area contributed by atoms with Crippen LogP contribution in [0.5, 0.6) is 0 Å². The molecule has 0 fully saturated rings. The maximum atomic E-state index is 14.2. The van der Waals surface area contributed by atoms with Crippen LogP contribution in [0.1, 0.15) is 64.8 Å². The Labute approximate surface area is 402 Å². The fourth-order valence-corrected chi connectivity index (χ4v) is 7.10. The van der Waals surface area contributed by atoms with Crippen LogP contribution in [0.3, 0.4) is 0 Å². The Morgan fingerprint density at radius 3 is 1.23 bits per heavy atom. The van der Waals surface area contributed by atoms with Crippen LogP contribution >= 0.6 is 0 Å². The molecule has 0 saturated carbocycles. The highest BCUT2D eigenvalue weighted by Gasteiger charge is 2.64. The summed E-state index contributed by atoms with van der Waals surface area (Å²) in [6.45, 7) is 0. The van der Waals surface area contributed by atoms with Crippen LogP contribution in [-0.4, -0.2) is 74.0 Å². The maximum absolute atomic E-state index is 14.2. The van der Waals surface area contributed by atoms with Gasteiger partial charge >= 0.3 is 37.1 Å². The Bertz CT molecular complexity index is 2910. The molecular formula is C39H22F18N12O6. The van der Waals surface area contributed by atoms with Crippen molar-refractivity contribution in [2.24, 2.45) is 10.3 Å². The van der Waals surface area contributed by atoms with E-state index in [1.807, 2.05) is 0 Å². The molecular weight excluding hydrogens is 1070 g/mol. The van der Waals surface area contributed by atoms with Gasteiger partial charge in [0.1, 0.15) is 12.0 Å². The molecule has 6 aromatic rings. The van der Waals surface area contributed by atoms with Crippen molar-refractivity contribution in [1.82, 2.24) is 40.4 Å². The average molecular weight is 1100 g/mol. The zero-order valence-electron chi connectivity index (χ0n) is 35.1. The molecule has 400 valence electrons. The summed E-state index contributed by atoms with van der Waals surface area (Å²) in [4.78, 5) is 31.0. The second-order valence-corrected chi connectivity index (χ2v) is 15.3. The van der Waals surface area contributed by atoms with Crippen LogP contribution in [0, 0.1) is 20.2 Å². The Balaban J connectivity index is 0.000000241. The van der Waals surface area contributed by atoms with E-state index < -0.39 is 127 Å². The lowest BCUT2D eigenvalue weighted by Gasteiger charge is -2.30. The van der Waals surface area contributed by atoms with Gasteiger partial charge in [0.15, 0.2) is 12.0 Å². The number of tetrazole rings is 2. The lowest BCUT2D eigenvalue weighted by atomic mass is 9.84. The minimum Gasteiger partial charge on any atom is -0.374 e. The summed E-state index contributed by atoms with van der Waals surface area (Å²) in [7, 11) is 0. The number of hydrogen-bond acceptors (Lipinski definition) is 14. The Morgan fingerprint density at radius 2 is 0.907 bits per heavy atom. The highest BCUT2D eigenvalue weighted by Crippen LogP contribution is 2.53. The fraction of sp³-hybridized carbons (Fsp3) is 0.282. The highest BCUT2D eigenvalue weighted by atomic mass is 19.4. The molecule has 0 N–H and O–H groups in total. The smallest absolute Gasteiger partial charge is 0.374 e. The molecule has 2 aromatic heterocycles. The highest BCUT2D eigenvalue weighted by molar-refractivity contribution is 6.03. The lowest BCUT2D eigenvalue weighted by molar-refractivity contribution is -0.384. The predicted octanol–water partition coefficient (Wildman–Crippen LogP) is 11.0.